The van der Waals surface area contributed by atoms with Gasteiger partial charge in [0.05, 0.1) is 0 Å². The lowest BCUT2D eigenvalue weighted by Gasteiger charge is -2.17. The van der Waals surface area contributed by atoms with Gasteiger partial charge in [-0.3, -0.25) is 4.90 Å². The summed E-state index contributed by atoms with van der Waals surface area (Å²) in [5.41, 5.74) is 1.65. The zero-order valence-corrected chi connectivity index (χ0v) is 9.63. The summed E-state index contributed by atoms with van der Waals surface area (Å²) in [6, 6.07) is 7.53. The van der Waals surface area contributed by atoms with Gasteiger partial charge in [-0.1, -0.05) is 31.2 Å². The second kappa shape index (κ2) is 5.00. The summed E-state index contributed by atoms with van der Waals surface area (Å²) in [6.45, 7) is 5.29. The van der Waals surface area contributed by atoms with Crippen molar-refractivity contribution in [3.63, 3.8) is 0 Å². The third-order valence-electron chi connectivity index (χ3n) is 3.24. The van der Waals surface area contributed by atoms with E-state index in [4.69, 9.17) is 0 Å². The first-order valence-corrected chi connectivity index (χ1v) is 5.83. The Labute approximate surface area is 96.9 Å². The SMILES string of the molecule is CC1CCN(Cc2ccccc2B(O)O)C1. The molecule has 0 aliphatic carbocycles. The van der Waals surface area contributed by atoms with Crippen LogP contribution in [0.15, 0.2) is 24.3 Å². The van der Waals surface area contributed by atoms with Crippen LogP contribution in [0.1, 0.15) is 18.9 Å². The van der Waals surface area contributed by atoms with E-state index in [1.54, 1.807) is 6.07 Å². The maximum atomic E-state index is 9.27. The fraction of sp³-hybridized carbons (Fsp3) is 0.500. The Kier molecular flexibility index (Phi) is 3.64. The van der Waals surface area contributed by atoms with Crippen LogP contribution in [0, 0.1) is 5.92 Å². The van der Waals surface area contributed by atoms with Gasteiger partial charge >= 0.3 is 7.12 Å². The number of hydrogen-bond acceptors (Lipinski definition) is 3. The molecule has 0 spiro atoms. The van der Waals surface area contributed by atoms with Crippen molar-refractivity contribution < 1.29 is 10.0 Å². The van der Waals surface area contributed by atoms with Gasteiger partial charge < -0.3 is 10.0 Å². The first-order chi connectivity index (χ1) is 7.66. The number of hydrogen-bond donors (Lipinski definition) is 2. The zero-order chi connectivity index (χ0) is 11.5. The molecule has 1 saturated heterocycles. The number of nitrogens with zero attached hydrogens (tertiary/aromatic N) is 1. The molecule has 1 fully saturated rings. The molecule has 0 aromatic heterocycles. The van der Waals surface area contributed by atoms with Gasteiger partial charge in [-0.15, -0.1) is 0 Å². The van der Waals surface area contributed by atoms with Gasteiger partial charge in [0.1, 0.15) is 0 Å². The molecule has 0 saturated carbocycles. The molecule has 1 heterocycles. The lowest BCUT2D eigenvalue weighted by atomic mass is 9.77. The lowest BCUT2D eigenvalue weighted by molar-refractivity contribution is 0.320. The van der Waals surface area contributed by atoms with Crippen molar-refractivity contribution in [1.29, 1.82) is 0 Å². The monoisotopic (exact) mass is 219 g/mol. The fourth-order valence-electron chi connectivity index (χ4n) is 2.34. The zero-order valence-electron chi connectivity index (χ0n) is 9.63. The van der Waals surface area contributed by atoms with Gasteiger partial charge in [0.2, 0.25) is 0 Å². The van der Waals surface area contributed by atoms with Crippen molar-refractivity contribution in [2.24, 2.45) is 5.92 Å². The second-order valence-electron chi connectivity index (χ2n) is 4.70. The van der Waals surface area contributed by atoms with Crippen LogP contribution in [-0.2, 0) is 6.54 Å². The predicted octanol–water partition coefficient (Wildman–Crippen LogP) is 0.208. The summed E-state index contributed by atoms with van der Waals surface area (Å²) >= 11 is 0. The highest BCUT2D eigenvalue weighted by atomic mass is 16.4. The smallest absolute Gasteiger partial charge is 0.423 e. The molecular weight excluding hydrogens is 201 g/mol. The van der Waals surface area contributed by atoms with E-state index in [2.05, 4.69) is 11.8 Å². The maximum Gasteiger partial charge on any atom is 0.488 e. The van der Waals surface area contributed by atoms with Crippen LogP contribution >= 0.6 is 0 Å². The van der Waals surface area contributed by atoms with Crippen LogP contribution in [0.4, 0.5) is 0 Å². The van der Waals surface area contributed by atoms with E-state index in [9.17, 15) is 10.0 Å². The molecule has 4 heteroatoms. The van der Waals surface area contributed by atoms with Crippen molar-refractivity contribution in [2.75, 3.05) is 13.1 Å². The van der Waals surface area contributed by atoms with E-state index >= 15 is 0 Å². The van der Waals surface area contributed by atoms with Crippen LogP contribution in [0.25, 0.3) is 0 Å². The molecule has 1 atom stereocenters. The number of rotatable bonds is 3. The molecule has 0 bridgehead atoms. The predicted molar refractivity (Wildman–Crippen MR) is 65.3 cm³/mol. The van der Waals surface area contributed by atoms with Gasteiger partial charge in [0.15, 0.2) is 0 Å². The van der Waals surface area contributed by atoms with Crippen molar-refractivity contribution >= 4 is 12.6 Å². The normalized spacial score (nSPS) is 21.3. The Morgan fingerprint density at radius 1 is 1.38 bits per heavy atom. The lowest BCUT2D eigenvalue weighted by Crippen LogP contribution is -2.35. The molecule has 1 aromatic carbocycles. The third kappa shape index (κ3) is 2.64. The number of likely N-dealkylation sites (tertiary alicyclic amines) is 1. The Morgan fingerprint density at radius 3 is 2.75 bits per heavy atom. The van der Waals surface area contributed by atoms with E-state index in [-0.39, 0.29) is 0 Å². The standard InChI is InChI=1S/C12H18BNO2/c1-10-6-7-14(8-10)9-11-4-2-3-5-12(11)13(15)16/h2-5,10,15-16H,6-9H2,1H3. The van der Waals surface area contributed by atoms with Crippen molar-refractivity contribution in [2.45, 2.75) is 19.9 Å². The third-order valence-corrected chi connectivity index (χ3v) is 3.24. The summed E-state index contributed by atoms with van der Waals surface area (Å²) in [5.74, 6) is 0.756. The topological polar surface area (TPSA) is 43.7 Å². The minimum absolute atomic E-state index is 0.627. The molecule has 0 radical (unpaired) electrons. The molecule has 0 amide bonds. The highest BCUT2D eigenvalue weighted by Gasteiger charge is 2.21. The van der Waals surface area contributed by atoms with Gasteiger partial charge in [-0.25, -0.2) is 0 Å². The van der Waals surface area contributed by atoms with Crippen LogP contribution in [-0.4, -0.2) is 35.2 Å². The molecule has 16 heavy (non-hydrogen) atoms. The van der Waals surface area contributed by atoms with Crippen molar-refractivity contribution in [3.8, 4) is 0 Å². The highest BCUT2D eigenvalue weighted by Crippen LogP contribution is 2.17. The molecule has 86 valence electrons. The summed E-state index contributed by atoms with van der Waals surface area (Å²) in [6.07, 6.45) is 1.24. The number of benzene rings is 1. The van der Waals surface area contributed by atoms with Crippen LogP contribution in [0.5, 0.6) is 0 Å². The molecule has 1 aliphatic heterocycles. The Morgan fingerprint density at radius 2 is 2.12 bits per heavy atom. The van der Waals surface area contributed by atoms with E-state index in [0.29, 0.717) is 5.46 Å². The molecular formula is C12H18BNO2. The fourth-order valence-corrected chi connectivity index (χ4v) is 2.34. The first-order valence-electron chi connectivity index (χ1n) is 5.83. The quantitative estimate of drug-likeness (QED) is 0.714. The first kappa shape index (κ1) is 11.6. The Balaban J connectivity index is 2.09. The van der Waals surface area contributed by atoms with Crippen LogP contribution in [0.2, 0.25) is 0 Å². The van der Waals surface area contributed by atoms with E-state index in [0.717, 1.165) is 31.1 Å². The summed E-state index contributed by atoms with van der Waals surface area (Å²) in [4.78, 5) is 2.37. The van der Waals surface area contributed by atoms with Crippen LogP contribution < -0.4 is 5.46 Å². The molecule has 1 unspecified atom stereocenters. The van der Waals surface area contributed by atoms with E-state index in [1.165, 1.54) is 6.42 Å². The molecule has 1 aromatic rings. The van der Waals surface area contributed by atoms with E-state index in [1.807, 2.05) is 18.2 Å². The minimum Gasteiger partial charge on any atom is -0.423 e. The molecule has 1 aliphatic rings. The molecule has 2 rings (SSSR count). The molecule has 3 nitrogen and oxygen atoms in total. The van der Waals surface area contributed by atoms with Gasteiger partial charge in [-0.2, -0.15) is 0 Å². The minimum atomic E-state index is -1.36. The van der Waals surface area contributed by atoms with E-state index < -0.39 is 7.12 Å². The summed E-state index contributed by atoms with van der Waals surface area (Å²) < 4.78 is 0. The summed E-state index contributed by atoms with van der Waals surface area (Å²) in [5, 5.41) is 18.5. The maximum absolute atomic E-state index is 9.27. The average molecular weight is 219 g/mol. The largest absolute Gasteiger partial charge is 0.488 e. The van der Waals surface area contributed by atoms with Crippen molar-refractivity contribution in [3.05, 3.63) is 29.8 Å². The van der Waals surface area contributed by atoms with Gasteiger partial charge in [0, 0.05) is 13.1 Å². The van der Waals surface area contributed by atoms with Gasteiger partial charge in [-0.05, 0) is 29.9 Å². The Hall–Kier alpha value is -0.835. The second-order valence-corrected chi connectivity index (χ2v) is 4.70. The average Bonchev–Trinajstić information content (AvgIpc) is 2.64. The van der Waals surface area contributed by atoms with Crippen LogP contribution in [0.3, 0.4) is 0 Å². The van der Waals surface area contributed by atoms with Crippen molar-refractivity contribution in [1.82, 2.24) is 4.90 Å². The Bertz CT molecular complexity index is 357. The van der Waals surface area contributed by atoms with Gasteiger partial charge in [0.25, 0.3) is 0 Å². The summed E-state index contributed by atoms with van der Waals surface area (Å²) in [7, 11) is -1.36. The molecule has 2 N–H and O–H groups in total. The highest BCUT2D eigenvalue weighted by molar-refractivity contribution is 6.59.